The molecule has 0 aromatic carbocycles. The van der Waals surface area contributed by atoms with Crippen molar-refractivity contribution >= 4 is 17.2 Å². The largest absolute Gasteiger partial charge is 0.396 e. The number of rotatable bonds is 7. The first-order chi connectivity index (χ1) is 11.0. The van der Waals surface area contributed by atoms with Gasteiger partial charge < -0.3 is 10.0 Å². The molecule has 2 heterocycles. The van der Waals surface area contributed by atoms with Crippen LogP contribution in [0.25, 0.3) is 0 Å². The number of thiophene rings is 1. The molecule has 1 aromatic rings. The van der Waals surface area contributed by atoms with E-state index in [2.05, 4.69) is 42.9 Å². The Morgan fingerprint density at radius 2 is 2.09 bits per heavy atom. The molecule has 2 unspecified atom stereocenters. The van der Waals surface area contributed by atoms with Crippen molar-refractivity contribution < 1.29 is 9.90 Å². The first kappa shape index (κ1) is 18.4. The van der Waals surface area contributed by atoms with Gasteiger partial charge in [-0.15, -0.1) is 0 Å². The van der Waals surface area contributed by atoms with E-state index in [4.69, 9.17) is 0 Å². The highest BCUT2D eigenvalue weighted by molar-refractivity contribution is 7.07. The van der Waals surface area contributed by atoms with Gasteiger partial charge in [0, 0.05) is 25.7 Å². The van der Waals surface area contributed by atoms with Gasteiger partial charge in [-0.1, -0.05) is 13.8 Å². The Kier molecular flexibility index (Phi) is 7.06. The molecule has 4 nitrogen and oxygen atoms in total. The molecule has 2 rings (SSSR count). The molecule has 1 aliphatic heterocycles. The van der Waals surface area contributed by atoms with Crippen LogP contribution in [0.2, 0.25) is 0 Å². The Hall–Kier alpha value is -0.910. The lowest BCUT2D eigenvalue weighted by atomic mass is 9.95. The Morgan fingerprint density at radius 3 is 2.61 bits per heavy atom. The zero-order valence-corrected chi connectivity index (χ0v) is 15.3. The van der Waals surface area contributed by atoms with E-state index in [0.29, 0.717) is 11.8 Å². The molecular weight excluding hydrogens is 308 g/mol. The average Bonchev–Trinajstić information content (AvgIpc) is 3.07. The fraction of sp³-hybridized carbons (Fsp3) is 0.722. The highest BCUT2D eigenvalue weighted by atomic mass is 32.1. The maximum absolute atomic E-state index is 12.9. The van der Waals surface area contributed by atoms with Crippen LogP contribution in [0.15, 0.2) is 16.8 Å². The molecule has 0 radical (unpaired) electrons. The number of aliphatic hydroxyl groups excluding tert-OH is 1. The third-order valence-corrected chi connectivity index (χ3v) is 5.39. The molecule has 130 valence electrons. The summed E-state index contributed by atoms with van der Waals surface area (Å²) in [7, 11) is 0. The first-order valence-electron chi connectivity index (χ1n) is 8.69. The fourth-order valence-corrected chi connectivity index (χ4v) is 3.94. The number of nitrogens with one attached hydrogen (secondary N) is 1. The molecule has 1 saturated heterocycles. The number of likely N-dealkylation sites (tertiary alicyclic amines) is 1. The zero-order chi connectivity index (χ0) is 16.8. The molecule has 1 aromatic heterocycles. The highest BCUT2D eigenvalue weighted by Gasteiger charge is 2.29. The van der Waals surface area contributed by atoms with Gasteiger partial charge in [0.25, 0.3) is 0 Å². The number of aliphatic hydroxyl groups is 1. The minimum atomic E-state index is -0.129. The molecule has 1 aliphatic rings. The lowest BCUT2D eigenvalue weighted by Crippen LogP contribution is -2.50. The van der Waals surface area contributed by atoms with Crippen LogP contribution in [0, 0.1) is 11.8 Å². The number of amides is 1. The Morgan fingerprint density at radius 1 is 1.39 bits per heavy atom. The van der Waals surface area contributed by atoms with Gasteiger partial charge in [0.1, 0.15) is 0 Å². The third kappa shape index (κ3) is 5.30. The van der Waals surface area contributed by atoms with E-state index in [1.54, 1.807) is 11.3 Å². The van der Waals surface area contributed by atoms with Crippen LogP contribution in [0.5, 0.6) is 0 Å². The summed E-state index contributed by atoms with van der Waals surface area (Å²) in [6.45, 7) is 8.23. The molecule has 23 heavy (non-hydrogen) atoms. The average molecular weight is 339 g/mol. The first-order valence-corrected chi connectivity index (χ1v) is 9.63. The van der Waals surface area contributed by atoms with Crippen molar-refractivity contribution in [3.8, 4) is 0 Å². The second-order valence-electron chi connectivity index (χ2n) is 7.08. The Balaban J connectivity index is 1.98. The van der Waals surface area contributed by atoms with E-state index in [0.717, 1.165) is 32.4 Å². The maximum atomic E-state index is 12.9. The summed E-state index contributed by atoms with van der Waals surface area (Å²) in [5.74, 6) is 1.05. The molecular formula is C18H30N2O2S. The topological polar surface area (TPSA) is 52.6 Å². The number of piperidine rings is 1. The molecule has 1 amide bonds. The molecule has 0 spiro atoms. The van der Waals surface area contributed by atoms with Crippen molar-refractivity contribution in [3.63, 3.8) is 0 Å². The quantitative estimate of drug-likeness (QED) is 0.803. The summed E-state index contributed by atoms with van der Waals surface area (Å²) in [4.78, 5) is 14.9. The predicted molar refractivity (Wildman–Crippen MR) is 95.5 cm³/mol. The minimum Gasteiger partial charge on any atom is -0.396 e. The van der Waals surface area contributed by atoms with E-state index >= 15 is 0 Å². The molecule has 0 aliphatic carbocycles. The predicted octanol–water partition coefficient (Wildman–Crippen LogP) is 3.04. The standard InChI is InChI=1S/C18H30N2O2S/c1-13(2)10-17(19-14(3)16-6-9-23-12-16)18(22)20-7-4-15(11-21)5-8-20/h6,9,12-15,17,19,21H,4-5,7-8,10-11H2,1-3H3. The van der Waals surface area contributed by atoms with Gasteiger partial charge in [-0.25, -0.2) is 0 Å². The van der Waals surface area contributed by atoms with E-state index in [1.165, 1.54) is 5.56 Å². The van der Waals surface area contributed by atoms with Gasteiger partial charge in [-0.05, 0) is 60.4 Å². The van der Waals surface area contributed by atoms with E-state index < -0.39 is 0 Å². The highest BCUT2D eigenvalue weighted by Crippen LogP contribution is 2.21. The van der Waals surface area contributed by atoms with Crippen LogP contribution < -0.4 is 5.32 Å². The van der Waals surface area contributed by atoms with Gasteiger partial charge >= 0.3 is 0 Å². The number of hydrogen-bond donors (Lipinski definition) is 2. The zero-order valence-electron chi connectivity index (χ0n) is 14.5. The second kappa shape index (κ2) is 8.81. The smallest absolute Gasteiger partial charge is 0.239 e. The van der Waals surface area contributed by atoms with Gasteiger partial charge in [0.15, 0.2) is 0 Å². The fourth-order valence-electron chi connectivity index (χ4n) is 3.19. The van der Waals surface area contributed by atoms with Gasteiger partial charge in [-0.3, -0.25) is 10.1 Å². The van der Waals surface area contributed by atoms with Crippen LogP contribution in [-0.2, 0) is 4.79 Å². The number of hydrogen-bond acceptors (Lipinski definition) is 4. The molecule has 2 N–H and O–H groups in total. The van der Waals surface area contributed by atoms with E-state index in [9.17, 15) is 9.90 Å². The summed E-state index contributed by atoms with van der Waals surface area (Å²) in [5, 5.41) is 17.0. The SMILES string of the molecule is CC(C)CC(NC(C)c1ccsc1)C(=O)N1CCC(CO)CC1. The van der Waals surface area contributed by atoms with E-state index in [1.807, 2.05) is 4.90 Å². The molecule has 1 fully saturated rings. The number of carbonyl (C=O) groups is 1. The van der Waals surface area contributed by atoms with Crippen LogP contribution in [0.4, 0.5) is 0 Å². The molecule has 0 saturated carbocycles. The Bertz CT molecular complexity index is 467. The van der Waals surface area contributed by atoms with Crippen molar-refractivity contribution in [1.82, 2.24) is 10.2 Å². The van der Waals surface area contributed by atoms with Crippen molar-refractivity contribution in [2.45, 2.75) is 52.1 Å². The second-order valence-corrected chi connectivity index (χ2v) is 7.86. The maximum Gasteiger partial charge on any atom is 0.239 e. The van der Waals surface area contributed by atoms with Crippen molar-refractivity contribution in [3.05, 3.63) is 22.4 Å². The number of carbonyl (C=O) groups excluding carboxylic acids is 1. The normalized spacial score (nSPS) is 19.1. The van der Waals surface area contributed by atoms with Crippen LogP contribution in [-0.4, -0.2) is 41.7 Å². The van der Waals surface area contributed by atoms with Crippen molar-refractivity contribution in [1.29, 1.82) is 0 Å². The summed E-state index contributed by atoms with van der Waals surface area (Å²) >= 11 is 1.69. The monoisotopic (exact) mass is 338 g/mol. The van der Waals surface area contributed by atoms with Crippen LogP contribution in [0.3, 0.4) is 0 Å². The third-order valence-electron chi connectivity index (χ3n) is 4.68. The minimum absolute atomic E-state index is 0.129. The summed E-state index contributed by atoms with van der Waals surface area (Å²) in [6, 6.07) is 2.17. The lowest BCUT2D eigenvalue weighted by Gasteiger charge is -2.35. The molecule has 5 heteroatoms. The van der Waals surface area contributed by atoms with Crippen molar-refractivity contribution in [2.75, 3.05) is 19.7 Å². The van der Waals surface area contributed by atoms with Crippen molar-refractivity contribution in [2.24, 2.45) is 11.8 Å². The van der Waals surface area contributed by atoms with E-state index in [-0.39, 0.29) is 24.6 Å². The number of nitrogens with zero attached hydrogens (tertiary/aromatic N) is 1. The van der Waals surface area contributed by atoms with Crippen LogP contribution >= 0.6 is 11.3 Å². The lowest BCUT2D eigenvalue weighted by molar-refractivity contribution is -0.135. The molecule has 0 bridgehead atoms. The molecule has 2 atom stereocenters. The summed E-state index contributed by atoms with van der Waals surface area (Å²) < 4.78 is 0. The van der Waals surface area contributed by atoms with Gasteiger partial charge in [-0.2, -0.15) is 11.3 Å². The Labute approximate surface area is 143 Å². The van der Waals surface area contributed by atoms with Gasteiger partial charge in [0.05, 0.1) is 6.04 Å². The van der Waals surface area contributed by atoms with Gasteiger partial charge in [0.2, 0.25) is 5.91 Å². The summed E-state index contributed by atoms with van der Waals surface area (Å²) in [6.07, 6.45) is 2.68. The van der Waals surface area contributed by atoms with Crippen LogP contribution in [0.1, 0.15) is 51.6 Å². The summed E-state index contributed by atoms with van der Waals surface area (Å²) in [5.41, 5.74) is 1.25.